The number of hydrogen-bond donors (Lipinski definition) is 2. The van der Waals surface area contributed by atoms with Gasteiger partial charge < -0.3 is 14.3 Å². The van der Waals surface area contributed by atoms with Crippen LogP contribution in [0.3, 0.4) is 0 Å². The van der Waals surface area contributed by atoms with Crippen molar-refractivity contribution in [2.45, 2.75) is 31.3 Å². The quantitative estimate of drug-likeness (QED) is 0.808. The molecule has 2 N–H and O–H groups in total. The number of aliphatic hydroxyl groups is 1. The first-order valence-electron chi connectivity index (χ1n) is 7.21. The normalized spacial score (nSPS) is 13.0. The number of ether oxygens (including phenoxy) is 1. The van der Waals surface area contributed by atoms with Gasteiger partial charge in [-0.1, -0.05) is 0 Å². The largest absolute Gasteiger partial charge is 0.495 e. The number of aryl methyl sites for hydroxylation is 2. The van der Waals surface area contributed by atoms with E-state index in [1.165, 1.54) is 13.4 Å². The molecule has 1 aromatic heterocycles. The van der Waals surface area contributed by atoms with E-state index in [-0.39, 0.29) is 17.9 Å². The van der Waals surface area contributed by atoms with Gasteiger partial charge in [0.25, 0.3) is 0 Å². The summed E-state index contributed by atoms with van der Waals surface area (Å²) in [6, 6.07) is 6.59. The van der Waals surface area contributed by atoms with Crippen molar-refractivity contribution in [3.8, 4) is 5.75 Å². The summed E-state index contributed by atoms with van der Waals surface area (Å²) in [6.07, 6.45) is 0.817. The van der Waals surface area contributed by atoms with Crippen molar-refractivity contribution in [2.75, 3.05) is 13.7 Å². The zero-order valence-electron chi connectivity index (χ0n) is 13.4. The fourth-order valence-electron chi connectivity index (χ4n) is 2.16. The Hall–Kier alpha value is -1.83. The van der Waals surface area contributed by atoms with Gasteiger partial charge in [0.1, 0.15) is 22.5 Å². The Balaban J connectivity index is 2.09. The first kappa shape index (κ1) is 17.5. The average molecular weight is 339 g/mol. The third-order valence-corrected chi connectivity index (χ3v) is 5.13. The summed E-state index contributed by atoms with van der Waals surface area (Å²) in [5.74, 6) is 0.708. The molecule has 0 saturated carbocycles. The van der Waals surface area contributed by atoms with Crippen molar-refractivity contribution in [3.63, 3.8) is 0 Å². The number of rotatable bonds is 7. The minimum absolute atomic E-state index is 0.0836. The van der Waals surface area contributed by atoms with Crippen LogP contribution in [0.15, 0.2) is 39.8 Å². The van der Waals surface area contributed by atoms with Gasteiger partial charge in [0.05, 0.1) is 13.4 Å². The lowest BCUT2D eigenvalue weighted by Crippen LogP contribution is -2.26. The molecule has 23 heavy (non-hydrogen) atoms. The summed E-state index contributed by atoms with van der Waals surface area (Å²) in [5, 5.41) is 9.90. The van der Waals surface area contributed by atoms with E-state index in [2.05, 4.69) is 4.72 Å². The van der Waals surface area contributed by atoms with Crippen molar-refractivity contribution < 1.29 is 22.7 Å². The van der Waals surface area contributed by atoms with Crippen LogP contribution in [0.5, 0.6) is 5.75 Å². The molecule has 0 spiro atoms. The maximum absolute atomic E-state index is 12.4. The summed E-state index contributed by atoms with van der Waals surface area (Å²) < 4.78 is 37.6. The minimum Gasteiger partial charge on any atom is -0.495 e. The van der Waals surface area contributed by atoms with Crippen LogP contribution in [0, 0.1) is 13.8 Å². The van der Waals surface area contributed by atoms with Crippen molar-refractivity contribution in [3.05, 3.63) is 47.4 Å². The molecule has 1 atom stereocenters. The van der Waals surface area contributed by atoms with Gasteiger partial charge in [0, 0.05) is 6.54 Å². The van der Waals surface area contributed by atoms with Gasteiger partial charge in [0.2, 0.25) is 10.0 Å². The van der Waals surface area contributed by atoms with Gasteiger partial charge in [-0.15, -0.1) is 0 Å². The van der Waals surface area contributed by atoms with Crippen molar-refractivity contribution in [1.82, 2.24) is 4.72 Å². The smallest absolute Gasteiger partial charge is 0.244 e. The number of methoxy groups -OCH3 is 1. The van der Waals surface area contributed by atoms with Crippen molar-refractivity contribution in [1.29, 1.82) is 0 Å². The Morgan fingerprint density at radius 2 is 2.00 bits per heavy atom. The lowest BCUT2D eigenvalue weighted by Gasteiger charge is -2.14. The summed E-state index contributed by atoms with van der Waals surface area (Å²) in [6.45, 7) is 3.82. The molecule has 1 heterocycles. The Labute approximate surface area is 136 Å². The van der Waals surface area contributed by atoms with Crippen LogP contribution in [-0.2, 0) is 10.0 Å². The number of aliphatic hydroxyl groups excluding tert-OH is 1. The van der Waals surface area contributed by atoms with Crippen molar-refractivity contribution >= 4 is 10.0 Å². The number of nitrogens with one attached hydrogen (secondary N) is 1. The molecule has 0 saturated heterocycles. The lowest BCUT2D eigenvalue weighted by atomic mass is 10.1. The highest BCUT2D eigenvalue weighted by molar-refractivity contribution is 7.89. The van der Waals surface area contributed by atoms with Crippen molar-refractivity contribution in [2.24, 2.45) is 0 Å². The van der Waals surface area contributed by atoms with Gasteiger partial charge in [-0.25, -0.2) is 13.1 Å². The molecule has 2 rings (SSSR count). The molecule has 0 amide bonds. The van der Waals surface area contributed by atoms with Crippen LogP contribution in [0.4, 0.5) is 0 Å². The Kier molecular flexibility index (Phi) is 5.46. The van der Waals surface area contributed by atoms with Crippen LogP contribution in [0.1, 0.15) is 29.4 Å². The van der Waals surface area contributed by atoms with Gasteiger partial charge in [-0.2, -0.15) is 0 Å². The van der Waals surface area contributed by atoms with Gasteiger partial charge >= 0.3 is 0 Å². The van der Waals surface area contributed by atoms with Gasteiger partial charge in [0.15, 0.2) is 0 Å². The Bertz CT molecular complexity index is 753. The molecule has 1 aromatic carbocycles. The molecule has 7 heteroatoms. The van der Waals surface area contributed by atoms with Gasteiger partial charge in [-0.05, 0) is 55.7 Å². The third kappa shape index (κ3) is 4.13. The predicted molar refractivity (Wildman–Crippen MR) is 85.9 cm³/mol. The van der Waals surface area contributed by atoms with E-state index < -0.39 is 16.1 Å². The molecule has 2 aromatic rings. The standard InChI is InChI=1S/C16H21NO5S/c1-11-9-15(21-3)16(10-12(11)2)23(19,20)17-7-6-13(18)14-5-4-8-22-14/h4-5,8-10,13,17-18H,6-7H2,1-3H3/t13-/m1/s1. The number of benzene rings is 1. The molecule has 0 fully saturated rings. The lowest BCUT2D eigenvalue weighted by molar-refractivity contribution is 0.141. The van der Waals surface area contributed by atoms with Crippen LogP contribution in [-0.4, -0.2) is 27.2 Å². The molecule has 0 aliphatic carbocycles. The second-order valence-electron chi connectivity index (χ2n) is 5.30. The minimum atomic E-state index is -3.72. The van der Waals surface area contributed by atoms with Crippen LogP contribution in [0.2, 0.25) is 0 Å². The van der Waals surface area contributed by atoms with Crippen LogP contribution < -0.4 is 9.46 Å². The maximum atomic E-state index is 12.4. The number of furan rings is 1. The topological polar surface area (TPSA) is 88.8 Å². The van der Waals surface area contributed by atoms with E-state index in [1.54, 1.807) is 24.3 Å². The Morgan fingerprint density at radius 1 is 1.30 bits per heavy atom. The van der Waals surface area contributed by atoms with Crippen LogP contribution in [0.25, 0.3) is 0 Å². The SMILES string of the molecule is COc1cc(C)c(C)cc1S(=O)(=O)NCC[C@@H](O)c1ccco1. The monoisotopic (exact) mass is 339 g/mol. The third-order valence-electron chi connectivity index (χ3n) is 3.65. The molecule has 6 nitrogen and oxygen atoms in total. The molecule has 0 aliphatic heterocycles. The van der Waals surface area contributed by atoms with E-state index in [1.807, 2.05) is 13.8 Å². The summed E-state index contributed by atoms with van der Waals surface area (Å²) in [7, 11) is -2.29. The number of sulfonamides is 1. The first-order chi connectivity index (χ1) is 10.8. The summed E-state index contributed by atoms with van der Waals surface area (Å²) >= 11 is 0. The Morgan fingerprint density at radius 3 is 2.61 bits per heavy atom. The maximum Gasteiger partial charge on any atom is 0.244 e. The summed E-state index contributed by atoms with van der Waals surface area (Å²) in [5.41, 5.74) is 1.82. The van der Waals surface area contributed by atoms with E-state index in [0.29, 0.717) is 11.5 Å². The van der Waals surface area contributed by atoms with E-state index in [4.69, 9.17) is 9.15 Å². The molecular weight excluding hydrogens is 318 g/mol. The zero-order valence-corrected chi connectivity index (χ0v) is 14.2. The highest BCUT2D eigenvalue weighted by Crippen LogP contribution is 2.27. The molecule has 0 aliphatic rings. The average Bonchev–Trinajstić information content (AvgIpc) is 3.03. The second-order valence-corrected chi connectivity index (χ2v) is 7.04. The summed E-state index contributed by atoms with van der Waals surface area (Å²) in [4.78, 5) is 0.0931. The molecule has 126 valence electrons. The highest BCUT2D eigenvalue weighted by atomic mass is 32.2. The predicted octanol–water partition coefficient (Wildman–Crippen LogP) is 2.31. The molecule has 0 unspecified atom stereocenters. The van der Waals surface area contributed by atoms with E-state index >= 15 is 0 Å². The molecule has 0 bridgehead atoms. The fourth-order valence-corrected chi connectivity index (χ4v) is 3.44. The fraction of sp³-hybridized carbons (Fsp3) is 0.375. The van der Waals surface area contributed by atoms with E-state index in [0.717, 1.165) is 11.1 Å². The molecular formula is C16H21NO5S. The first-order valence-corrected chi connectivity index (χ1v) is 8.70. The molecule has 0 radical (unpaired) electrons. The second kappa shape index (κ2) is 7.16. The number of hydrogen-bond acceptors (Lipinski definition) is 5. The van der Waals surface area contributed by atoms with Crippen LogP contribution >= 0.6 is 0 Å². The van der Waals surface area contributed by atoms with E-state index in [9.17, 15) is 13.5 Å². The highest BCUT2D eigenvalue weighted by Gasteiger charge is 2.21. The zero-order chi connectivity index (χ0) is 17.0. The van der Waals surface area contributed by atoms with Gasteiger partial charge in [-0.3, -0.25) is 0 Å².